The van der Waals surface area contributed by atoms with Crippen molar-refractivity contribution in [2.45, 2.75) is 0 Å². The van der Waals surface area contributed by atoms with Crippen molar-refractivity contribution >= 4 is 17.1 Å². The summed E-state index contributed by atoms with van der Waals surface area (Å²) >= 11 is 5.99. The Kier molecular flexibility index (Phi) is 2.54. The van der Waals surface area contributed by atoms with Gasteiger partial charge in [-0.25, -0.2) is 0 Å². The summed E-state index contributed by atoms with van der Waals surface area (Å²) in [6.07, 6.45) is 4.27. The second-order valence-electron chi connectivity index (χ2n) is 4.90. The van der Waals surface area contributed by atoms with Crippen molar-refractivity contribution in [3.05, 3.63) is 78.1 Å². The molecule has 1 aliphatic carbocycles. The highest BCUT2D eigenvalue weighted by molar-refractivity contribution is 6.30. The fraction of sp³-hybridized carbons (Fsp3) is 0. The van der Waals surface area contributed by atoms with Gasteiger partial charge in [-0.05, 0) is 35.4 Å². The van der Waals surface area contributed by atoms with Crippen molar-refractivity contribution in [2.24, 2.45) is 0 Å². The van der Waals surface area contributed by atoms with E-state index in [0.717, 1.165) is 5.02 Å². The van der Waals surface area contributed by atoms with Crippen LogP contribution in [-0.2, 0) is 0 Å². The van der Waals surface area contributed by atoms with E-state index in [-0.39, 0.29) is 0 Å². The van der Waals surface area contributed by atoms with Crippen LogP contribution in [-0.4, -0.2) is 4.40 Å². The predicted octanol–water partition coefficient (Wildman–Crippen LogP) is 5.36. The number of nitrogens with zero attached hydrogens (tertiary/aromatic N) is 1. The lowest BCUT2D eigenvalue weighted by atomic mass is 9.98. The van der Waals surface area contributed by atoms with E-state index in [2.05, 4.69) is 59.3 Å². The van der Waals surface area contributed by atoms with Gasteiger partial charge in [-0.3, -0.25) is 0 Å². The molecule has 1 aromatic carbocycles. The molecule has 0 saturated heterocycles. The van der Waals surface area contributed by atoms with Gasteiger partial charge in [0.15, 0.2) is 0 Å². The van der Waals surface area contributed by atoms with Gasteiger partial charge in [0.25, 0.3) is 0 Å². The fourth-order valence-electron chi connectivity index (χ4n) is 2.74. The van der Waals surface area contributed by atoms with Crippen molar-refractivity contribution < 1.29 is 0 Å². The van der Waals surface area contributed by atoms with E-state index in [1.807, 2.05) is 18.2 Å². The maximum absolute atomic E-state index is 5.99. The summed E-state index contributed by atoms with van der Waals surface area (Å²) in [5, 5.41) is 0.765. The summed E-state index contributed by atoms with van der Waals surface area (Å²) in [6, 6.07) is 20.7. The number of hydrogen-bond acceptors (Lipinski definition) is 0. The van der Waals surface area contributed by atoms with Crippen molar-refractivity contribution in [3.8, 4) is 22.3 Å². The number of benzene rings is 1. The predicted molar refractivity (Wildman–Crippen MR) is 84.5 cm³/mol. The van der Waals surface area contributed by atoms with Crippen LogP contribution in [0.15, 0.2) is 73.1 Å². The lowest BCUT2D eigenvalue weighted by molar-refractivity contribution is 1.17. The van der Waals surface area contributed by atoms with E-state index in [1.54, 1.807) is 0 Å². The second-order valence-corrected chi connectivity index (χ2v) is 5.33. The summed E-state index contributed by atoms with van der Waals surface area (Å²) < 4.78 is 2.17. The van der Waals surface area contributed by atoms with Crippen molar-refractivity contribution in [2.75, 3.05) is 0 Å². The SMILES string of the molecule is Clc1ccc(-c2cn3ccccc3c3cccc2-3)cc1. The van der Waals surface area contributed by atoms with E-state index in [1.165, 1.54) is 27.8 Å². The van der Waals surface area contributed by atoms with Gasteiger partial charge in [0.1, 0.15) is 0 Å². The van der Waals surface area contributed by atoms with Gasteiger partial charge in [0.05, 0.1) is 5.52 Å². The molecule has 0 amide bonds. The number of pyridine rings is 2. The Morgan fingerprint density at radius 2 is 1.50 bits per heavy atom. The topological polar surface area (TPSA) is 4.41 Å². The van der Waals surface area contributed by atoms with E-state index < -0.39 is 0 Å². The second kappa shape index (κ2) is 4.39. The molecule has 0 atom stereocenters. The number of aromatic nitrogens is 1. The van der Waals surface area contributed by atoms with E-state index in [4.69, 9.17) is 11.6 Å². The maximum atomic E-state index is 5.99. The third-order valence-electron chi connectivity index (χ3n) is 3.70. The highest BCUT2D eigenvalue weighted by Gasteiger charge is 2.13. The quantitative estimate of drug-likeness (QED) is 0.441. The van der Waals surface area contributed by atoms with Crippen LogP contribution in [0.25, 0.3) is 27.8 Å². The summed E-state index contributed by atoms with van der Waals surface area (Å²) in [6.45, 7) is 0. The number of halogens is 1. The third kappa shape index (κ3) is 1.71. The first kappa shape index (κ1) is 11.6. The molecule has 2 aromatic rings. The van der Waals surface area contributed by atoms with E-state index in [9.17, 15) is 0 Å². The summed E-state index contributed by atoms with van der Waals surface area (Å²) in [7, 11) is 0. The summed E-state index contributed by atoms with van der Waals surface area (Å²) in [5.74, 6) is 0. The van der Waals surface area contributed by atoms with Gasteiger partial charge in [0.2, 0.25) is 0 Å². The van der Waals surface area contributed by atoms with Gasteiger partial charge >= 0.3 is 0 Å². The lowest BCUT2D eigenvalue weighted by Crippen LogP contribution is -1.94. The smallest absolute Gasteiger partial charge is 0.0528 e. The molecule has 4 rings (SSSR count). The van der Waals surface area contributed by atoms with Crippen molar-refractivity contribution in [1.29, 1.82) is 0 Å². The molecule has 2 heteroatoms. The van der Waals surface area contributed by atoms with Crippen LogP contribution < -0.4 is 0 Å². The zero-order valence-electron chi connectivity index (χ0n) is 10.8. The Morgan fingerprint density at radius 3 is 2.35 bits per heavy atom. The monoisotopic (exact) mass is 277 g/mol. The molecule has 0 radical (unpaired) electrons. The molecule has 0 unspecified atom stereocenters. The summed E-state index contributed by atoms with van der Waals surface area (Å²) in [4.78, 5) is 0. The van der Waals surface area contributed by atoms with Crippen LogP contribution in [0.3, 0.4) is 0 Å². The molecular weight excluding hydrogens is 266 g/mol. The van der Waals surface area contributed by atoms with Crippen LogP contribution >= 0.6 is 11.6 Å². The van der Waals surface area contributed by atoms with Gasteiger partial charge in [-0.2, -0.15) is 0 Å². The molecule has 1 aromatic heterocycles. The molecule has 2 heterocycles. The minimum absolute atomic E-state index is 0.765. The molecule has 0 bridgehead atoms. The first-order valence-corrected chi connectivity index (χ1v) is 6.95. The Morgan fingerprint density at radius 1 is 0.700 bits per heavy atom. The first-order valence-electron chi connectivity index (χ1n) is 6.57. The van der Waals surface area contributed by atoms with Gasteiger partial charge < -0.3 is 4.40 Å². The highest BCUT2D eigenvalue weighted by Crippen LogP contribution is 2.37. The minimum atomic E-state index is 0.765. The zero-order valence-corrected chi connectivity index (χ0v) is 11.5. The molecule has 0 N–H and O–H groups in total. The number of rotatable bonds is 1. The van der Waals surface area contributed by atoms with Crippen LogP contribution in [0.5, 0.6) is 0 Å². The summed E-state index contributed by atoms with van der Waals surface area (Å²) in [5.41, 5.74) is 6.19. The molecule has 1 aliphatic heterocycles. The van der Waals surface area contributed by atoms with Crippen molar-refractivity contribution in [1.82, 2.24) is 4.40 Å². The standard InChI is InChI=1S/C18H12ClN/c19-14-9-7-13(8-10-14)17-12-20-11-2-1-6-18(20)16-5-3-4-15(16)17/h1-12H. The highest BCUT2D eigenvalue weighted by atomic mass is 35.5. The lowest BCUT2D eigenvalue weighted by Gasteiger charge is -2.14. The number of hydrogen-bond donors (Lipinski definition) is 0. The first-order chi connectivity index (χ1) is 9.83. The average molecular weight is 278 g/mol. The van der Waals surface area contributed by atoms with Gasteiger partial charge in [-0.1, -0.05) is 48.0 Å². The van der Waals surface area contributed by atoms with Gasteiger partial charge in [-0.15, -0.1) is 0 Å². The Balaban J connectivity index is 2.07. The van der Waals surface area contributed by atoms with Crippen LogP contribution in [0.1, 0.15) is 0 Å². The van der Waals surface area contributed by atoms with Gasteiger partial charge in [0, 0.05) is 28.5 Å². The fourth-order valence-corrected chi connectivity index (χ4v) is 2.87. The zero-order chi connectivity index (χ0) is 13.5. The Labute approximate surface area is 122 Å². The molecule has 2 aliphatic rings. The third-order valence-corrected chi connectivity index (χ3v) is 3.95. The van der Waals surface area contributed by atoms with E-state index >= 15 is 0 Å². The van der Waals surface area contributed by atoms with Crippen LogP contribution in [0.2, 0.25) is 5.02 Å². The molecule has 0 fully saturated rings. The van der Waals surface area contributed by atoms with Crippen LogP contribution in [0, 0.1) is 0 Å². The molecular formula is C18H12ClN. The largest absolute Gasteiger partial charge is 0.323 e. The maximum Gasteiger partial charge on any atom is 0.0528 e. The molecule has 1 nitrogen and oxygen atoms in total. The van der Waals surface area contributed by atoms with E-state index in [0.29, 0.717) is 0 Å². The normalized spacial score (nSPS) is 11.2. The van der Waals surface area contributed by atoms with Crippen LogP contribution in [0.4, 0.5) is 0 Å². The van der Waals surface area contributed by atoms with Crippen molar-refractivity contribution in [3.63, 3.8) is 0 Å². The molecule has 96 valence electrons. The molecule has 20 heavy (non-hydrogen) atoms. The average Bonchev–Trinajstić information content (AvgIpc) is 2.97. The Bertz CT molecular complexity index is 858. The minimum Gasteiger partial charge on any atom is -0.323 e. The molecule has 0 spiro atoms. The Hall–Kier alpha value is -2.25. The number of fused-ring (bicyclic) bond motifs is 3. The molecule has 0 saturated carbocycles.